The molecule has 0 bridgehead atoms. The second-order valence-electron chi connectivity index (χ2n) is 5.12. The van der Waals surface area contributed by atoms with Crippen LogP contribution in [-0.4, -0.2) is 35.0 Å². The van der Waals surface area contributed by atoms with E-state index in [0.717, 1.165) is 0 Å². The van der Waals surface area contributed by atoms with Crippen molar-refractivity contribution in [1.82, 2.24) is 9.88 Å². The van der Waals surface area contributed by atoms with Crippen LogP contribution in [0.4, 0.5) is 0 Å². The molecule has 2 N–H and O–H groups in total. The lowest BCUT2D eigenvalue weighted by Gasteiger charge is -2.13. The van der Waals surface area contributed by atoms with Crippen LogP contribution in [0, 0.1) is 0 Å². The summed E-state index contributed by atoms with van der Waals surface area (Å²) >= 11 is 0. The Morgan fingerprint density at radius 2 is 2.09 bits per heavy atom. The van der Waals surface area contributed by atoms with Crippen LogP contribution < -0.4 is 20.3 Å². The molecule has 23 heavy (non-hydrogen) atoms. The number of hydrogen-bond donors (Lipinski definition) is 2. The molecule has 1 aliphatic heterocycles. The smallest absolute Gasteiger partial charge is 0.251 e. The van der Waals surface area contributed by atoms with E-state index >= 15 is 0 Å². The van der Waals surface area contributed by atoms with Crippen LogP contribution in [0.3, 0.4) is 0 Å². The highest BCUT2D eigenvalue weighted by atomic mass is 16.7. The molecule has 120 valence electrons. The minimum absolute atomic E-state index is 0.0363. The van der Waals surface area contributed by atoms with Gasteiger partial charge in [0, 0.05) is 24.4 Å². The van der Waals surface area contributed by atoms with E-state index in [1.165, 1.54) is 10.6 Å². The Kier molecular flexibility index (Phi) is 4.29. The van der Waals surface area contributed by atoms with Gasteiger partial charge >= 0.3 is 0 Å². The van der Waals surface area contributed by atoms with Crippen molar-refractivity contribution in [2.45, 2.75) is 12.6 Å². The van der Waals surface area contributed by atoms with Crippen LogP contribution in [0.15, 0.2) is 47.4 Å². The number of aliphatic hydroxyl groups is 1. The summed E-state index contributed by atoms with van der Waals surface area (Å²) in [6, 6.07) is 9.63. The van der Waals surface area contributed by atoms with Gasteiger partial charge in [-0.1, -0.05) is 6.07 Å². The van der Waals surface area contributed by atoms with E-state index in [9.17, 15) is 14.7 Å². The highest BCUT2D eigenvalue weighted by Crippen LogP contribution is 2.32. The highest BCUT2D eigenvalue weighted by molar-refractivity contribution is 5.94. The van der Waals surface area contributed by atoms with Crippen LogP contribution in [0.5, 0.6) is 11.5 Å². The maximum absolute atomic E-state index is 12.1. The van der Waals surface area contributed by atoms with E-state index in [-0.39, 0.29) is 31.3 Å². The Hall–Kier alpha value is -2.80. The van der Waals surface area contributed by atoms with Gasteiger partial charge in [0.25, 0.3) is 11.5 Å². The first-order valence-electron chi connectivity index (χ1n) is 7.15. The van der Waals surface area contributed by atoms with Crippen LogP contribution in [0.1, 0.15) is 10.4 Å². The predicted octanol–water partition coefficient (Wildman–Crippen LogP) is 0.368. The van der Waals surface area contributed by atoms with E-state index < -0.39 is 6.10 Å². The SMILES string of the molecule is O=C(NCC(O)Cn1ccccc1=O)c1ccc2c(c1)OCO2. The lowest BCUT2D eigenvalue weighted by Crippen LogP contribution is -2.36. The second-order valence-corrected chi connectivity index (χ2v) is 5.12. The van der Waals surface area contributed by atoms with Gasteiger partial charge in [0.15, 0.2) is 11.5 Å². The van der Waals surface area contributed by atoms with Gasteiger partial charge in [-0.3, -0.25) is 9.59 Å². The fraction of sp³-hybridized carbons (Fsp3) is 0.250. The molecule has 0 saturated carbocycles. The summed E-state index contributed by atoms with van der Waals surface area (Å²) < 4.78 is 11.8. The number of benzene rings is 1. The van der Waals surface area contributed by atoms with E-state index in [2.05, 4.69) is 5.32 Å². The van der Waals surface area contributed by atoms with Gasteiger partial charge in [-0.15, -0.1) is 0 Å². The summed E-state index contributed by atoms with van der Waals surface area (Å²) in [6.45, 7) is 0.292. The molecule has 0 fully saturated rings. The number of aliphatic hydroxyl groups excluding tert-OH is 1. The van der Waals surface area contributed by atoms with Crippen LogP contribution in [0.2, 0.25) is 0 Å². The number of carbonyl (C=O) groups is 1. The van der Waals surface area contributed by atoms with Gasteiger partial charge in [0.05, 0.1) is 12.6 Å². The minimum Gasteiger partial charge on any atom is -0.454 e. The number of carbonyl (C=O) groups excluding carboxylic acids is 1. The molecule has 1 unspecified atom stereocenters. The molecule has 1 amide bonds. The zero-order valence-corrected chi connectivity index (χ0v) is 12.3. The maximum atomic E-state index is 12.1. The average Bonchev–Trinajstić information content (AvgIpc) is 3.02. The molecule has 0 aliphatic carbocycles. The topological polar surface area (TPSA) is 89.8 Å². The molecule has 1 aliphatic rings. The van der Waals surface area contributed by atoms with Gasteiger partial charge in [-0.25, -0.2) is 0 Å². The molecule has 1 aromatic carbocycles. The van der Waals surface area contributed by atoms with Crippen LogP contribution in [-0.2, 0) is 6.54 Å². The van der Waals surface area contributed by atoms with Crippen molar-refractivity contribution in [3.8, 4) is 11.5 Å². The fourth-order valence-corrected chi connectivity index (χ4v) is 2.25. The van der Waals surface area contributed by atoms with Crippen molar-refractivity contribution < 1.29 is 19.4 Å². The summed E-state index contributed by atoms with van der Waals surface area (Å²) in [5.74, 6) is 0.793. The molecule has 0 saturated heterocycles. The van der Waals surface area contributed by atoms with Gasteiger partial charge in [0.2, 0.25) is 6.79 Å². The molecular weight excluding hydrogens is 300 g/mol. The molecule has 1 aromatic heterocycles. The van der Waals surface area contributed by atoms with Crippen molar-refractivity contribution in [2.75, 3.05) is 13.3 Å². The molecule has 0 spiro atoms. The van der Waals surface area contributed by atoms with Crippen LogP contribution >= 0.6 is 0 Å². The Labute approximate surface area is 132 Å². The molecule has 1 atom stereocenters. The van der Waals surface area contributed by atoms with Crippen molar-refractivity contribution in [2.24, 2.45) is 0 Å². The fourth-order valence-electron chi connectivity index (χ4n) is 2.25. The third-order valence-corrected chi connectivity index (χ3v) is 3.44. The van der Waals surface area contributed by atoms with Crippen molar-refractivity contribution in [3.05, 3.63) is 58.5 Å². The lowest BCUT2D eigenvalue weighted by molar-refractivity contribution is 0.0903. The number of nitrogens with one attached hydrogen (secondary N) is 1. The average molecular weight is 316 g/mol. The summed E-state index contributed by atoms with van der Waals surface area (Å²) in [6.07, 6.45) is 0.721. The zero-order chi connectivity index (χ0) is 16.2. The number of hydrogen-bond acceptors (Lipinski definition) is 5. The van der Waals surface area contributed by atoms with Gasteiger partial charge < -0.3 is 24.5 Å². The number of rotatable bonds is 5. The summed E-state index contributed by atoms with van der Waals surface area (Å²) in [7, 11) is 0. The molecule has 2 aromatic rings. The summed E-state index contributed by atoms with van der Waals surface area (Å²) in [5, 5.41) is 12.6. The second kappa shape index (κ2) is 6.53. The standard InChI is InChI=1S/C16H16N2O5/c19-12(9-18-6-2-1-3-15(18)20)8-17-16(21)11-4-5-13-14(7-11)23-10-22-13/h1-7,12,19H,8-10H2,(H,17,21). The number of ether oxygens (including phenoxy) is 2. The zero-order valence-electron chi connectivity index (χ0n) is 12.3. The Bertz CT molecular complexity index is 771. The van der Waals surface area contributed by atoms with Crippen molar-refractivity contribution in [1.29, 1.82) is 0 Å². The van der Waals surface area contributed by atoms with Crippen molar-refractivity contribution in [3.63, 3.8) is 0 Å². The third-order valence-electron chi connectivity index (χ3n) is 3.44. The number of amides is 1. The molecule has 7 heteroatoms. The quantitative estimate of drug-likeness (QED) is 0.832. The number of fused-ring (bicyclic) bond motifs is 1. The largest absolute Gasteiger partial charge is 0.454 e. The first kappa shape index (κ1) is 15.1. The van der Waals surface area contributed by atoms with Gasteiger partial charge in [-0.05, 0) is 24.3 Å². The Morgan fingerprint density at radius 3 is 2.91 bits per heavy atom. The minimum atomic E-state index is -0.868. The number of pyridine rings is 1. The van der Waals surface area contributed by atoms with E-state index in [4.69, 9.17) is 9.47 Å². The lowest BCUT2D eigenvalue weighted by atomic mass is 10.2. The first-order valence-corrected chi connectivity index (χ1v) is 7.15. The highest BCUT2D eigenvalue weighted by Gasteiger charge is 2.16. The molecular formula is C16H16N2O5. The monoisotopic (exact) mass is 316 g/mol. The summed E-state index contributed by atoms with van der Waals surface area (Å²) in [4.78, 5) is 23.6. The number of aromatic nitrogens is 1. The molecule has 7 nitrogen and oxygen atoms in total. The summed E-state index contributed by atoms with van der Waals surface area (Å²) in [5.41, 5.74) is 0.215. The predicted molar refractivity (Wildman–Crippen MR) is 81.6 cm³/mol. The molecule has 2 heterocycles. The van der Waals surface area contributed by atoms with Crippen LogP contribution in [0.25, 0.3) is 0 Å². The third kappa shape index (κ3) is 3.51. The molecule has 3 rings (SSSR count). The molecule has 0 radical (unpaired) electrons. The van der Waals surface area contributed by atoms with Crippen molar-refractivity contribution >= 4 is 5.91 Å². The van der Waals surface area contributed by atoms with E-state index in [0.29, 0.717) is 17.1 Å². The normalized spacial score (nSPS) is 13.6. The van der Waals surface area contributed by atoms with E-state index in [1.807, 2.05) is 0 Å². The Morgan fingerprint density at radius 1 is 1.26 bits per heavy atom. The maximum Gasteiger partial charge on any atom is 0.251 e. The van der Waals surface area contributed by atoms with Gasteiger partial charge in [0.1, 0.15) is 0 Å². The Balaban J connectivity index is 1.56. The van der Waals surface area contributed by atoms with E-state index in [1.54, 1.807) is 36.5 Å². The number of nitrogens with zero attached hydrogens (tertiary/aromatic N) is 1. The first-order chi connectivity index (χ1) is 11.1. The van der Waals surface area contributed by atoms with Gasteiger partial charge in [-0.2, -0.15) is 0 Å².